The van der Waals surface area contributed by atoms with Crippen molar-refractivity contribution in [3.63, 3.8) is 0 Å². The minimum Gasteiger partial charge on any atom is -0.383 e. The summed E-state index contributed by atoms with van der Waals surface area (Å²) in [6.45, 7) is 3.90. The zero-order valence-electron chi connectivity index (χ0n) is 17.0. The first-order chi connectivity index (χ1) is 15.0. The number of aromatic nitrogens is 5. The fraction of sp³-hybridized carbons (Fsp3) is 0.130. The van der Waals surface area contributed by atoms with Crippen LogP contribution in [0.4, 0.5) is 10.2 Å². The number of anilines is 1. The lowest BCUT2D eigenvalue weighted by Gasteiger charge is -2.16. The second-order valence-corrected chi connectivity index (χ2v) is 7.47. The molecule has 5 aromatic rings. The third kappa shape index (κ3) is 2.95. The highest BCUT2D eigenvalue weighted by atomic mass is 19.1. The Morgan fingerprint density at radius 3 is 2.65 bits per heavy atom. The molecule has 0 aliphatic heterocycles. The van der Waals surface area contributed by atoms with Crippen molar-refractivity contribution < 1.29 is 4.39 Å². The monoisotopic (exact) mass is 414 g/mol. The largest absolute Gasteiger partial charge is 0.383 e. The number of para-hydroxylation sites is 1. The molecule has 0 spiro atoms. The zero-order valence-corrected chi connectivity index (χ0v) is 17.0. The van der Waals surface area contributed by atoms with Crippen LogP contribution in [0.3, 0.4) is 0 Å². The zero-order chi connectivity index (χ0) is 21.7. The summed E-state index contributed by atoms with van der Waals surface area (Å²) in [7, 11) is 0. The lowest BCUT2D eigenvalue weighted by atomic mass is 10.1. The number of halogens is 1. The fourth-order valence-electron chi connectivity index (χ4n) is 4.08. The number of hydrogen-bond acceptors (Lipinski definition) is 5. The van der Waals surface area contributed by atoms with Gasteiger partial charge in [-0.2, -0.15) is 5.10 Å². The predicted molar refractivity (Wildman–Crippen MR) is 118 cm³/mol. The molecule has 0 saturated heterocycles. The Morgan fingerprint density at radius 1 is 1.03 bits per heavy atom. The summed E-state index contributed by atoms with van der Waals surface area (Å²) in [4.78, 5) is 21.9. The molecule has 154 valence electrons. The highest BCUT2D eigenvalue weighted by molar-refractivity contribution is 5.88. The van der Waals surface area contributed by atoms with Gasteiger partial charge in [0.1, 0.15) is 18.0 Å². The topological polar surface area (TPSA) is 91.6 Å². The molecule has 0 saturated carbocycles. The van der Waals surface area contributed by atoms with Gasteiger partial charge in [-0.15, -0.1) is 0 Å². The fourth-order valence-corrected chi connectivity index (χ4v) is 4.08. The van der Waals surface area contributed by atoms with E-state index in [0.717, 1.165) is 10.9 Å². The van der Waals surface area contributed by atoms with Gasteiger partial charge in [0.15, 0.2) is 5.65 Å². The number of pyridine rings is 1. The first-order valence-electron chi connectivity index (χ1n) is 9.78. The number of nitrogens with zero attached hydrogens (tertiary/aromatic N) is 5. The standard InChI is InChI=1S/C23H19FN6O/c1-13-6-5-7-15-10-16(11-29-22-20(14(2)28-29)21(25)26-12-27-22)30(23(31)19(13)15)18-9-4-3-8-17(18)24/h3-10,12H,11H2,1-2H3,(H2,25,26,27). The van der Waals surface area contributed by atoms with Crippen molar-refractivity contribution in [1.82, 2.24) is 24.3 Å². The number of hydrogen-bond donors (Lipinski definition) is 1. The molecule has 2 N–H and O–H groups in total. The van der Waals surface area contributed by atoms with Crippen LogP contribution in [0.15, 0.2) is 59.7 Å². The van der Waals surface area contributed by atoms with Gasteiger partial charge in [-0.3, -0.25) is 9.36 Å². The van der Waals surface area contributed by atoms with Crippen LogP contribution in [0.25, 0.3) is 27.5 Å². The Balaban J connectivity index is 1.82. The molecule has 0 aliphatic rings. The maximum atomic E-state index is 14.8. The van der Waals surface area contributed by atoms with Crippen molar-refractivity contribution in [1.29, 1.82) is 0 Å². The molecule has 0 atom stereocenters. The highest BCUT2D eigenvalue weighted by Crippen LogP contribution is 2.24. The van der Waals surface area contributed by atoms with Gasteiger partial charge in [0.2, 0.25) is 0 Å². The lowest BCUT2D eigenvalue weighted by molar-refractivity contribution is 0.606. The van der Waals surface area contributed by atoms with E-state index in [1.165, 1.54) is 17.0 Å². The van der Waals surface area contributed by atoms with Crippen LogP contribution in [0.2, 0.25) is 0 Å². The van der Waals surface area contributed by atoms with Gasteiger partial charge in [0.25, 0.3) is 5.56 Å². The maximum Gasteiger partial charge on any atom is 0.263 e. The number of rotatable bonds is 3. The third-order valence-electron chi connectivity index (χ3n) is 5.47. The summed E-state index contributed by atoms with van der Waals surface area (Å²) in [5.74, 6) is -0.138. The van der Waals surface area contributed by atoms with Crippen LogP contribution in [-0.4, -0.2) is 24.3 Å². The van der Waals surface area contributed by atoms with Crippen LogP contribution in [0.5, 0.6) is 0 Å². The number of benzene rings is 2. The smallest absolute Gasteiger partial charge is 0.263 e. The van der Waals surface area contributed by atoms with Gasteiger partial charge in [-0.1, -0.05) is 30.3 Å². The second kappa shape index (κ2) is 7.02. The molecule has 8 heteroatoms. The van der Waals surface area contributed by atoms with Crippen molar-refractivity contribution >= 4 is 27.6 Å². The van der Waals surface area contributed by atoms with E-state index in [1.807, 2.05) is 38.1 Å². The summed E-state index contributed by atoms with van der Waals surface area (Å²) < 4.78 is 17.8. The molecule has 0 radical (unpaired) electrons. The maximum absolute atomic E-state index is 14.8. The predicted octanol–water partition coefficient (Wildman–Crippen LogP) is 3.52. The van der Waals surface area contributed by atoms with E-state index in [9.17, 15) is 9.18 Å². The number of nitrogens with two attached hydrogens (primary N) is 1. The summed E-state index contributed by atoms with van der Waals surface area (Å²) in [5, 5.41) is 6.57. The Labute approximate surface area is 176 Å². The minimum absolute atomic E-state index is 0.190. The van der Waals surface area contributed by atoms with Gasteiger partial charge in [-0.05, 0) is 43.0 Å². The quantitative estimate of drug-likeness (QED) is 0.488. The summed E-state index contributed by atoms with van der Waals surface area (Å²) >= 11 is 0. The van der Waals surface area contributed by atoms with Crippen LogP contribution < -0.4 is 11.3 Å². The van der Waals surface area contributed by atoms with E-state index in [2.05, 4.69) is 15.1 Å². The van der Waals surface area contributed by atoms with Crippen molar-refractivity contribution in [3.05, 3.63) is 88.0 Å². The SMILES string of the molecule is Cc1nn(Cc2cc3cccc(C)c3c(=O)n2-c2ccccc2F)c2ncnc(N)c12. The average molecular weight is 414 g/mol. The molecule has 0 fully saturated rings. The van der Waals surface area contributed by atoms with Crippen molar-refractivity contribution in [2.45, 2.75) is 20.4 Å². The van der Waals surface area contributed by atoms with Gasteiger partial charge >= 0.3 is 0 Å². The van der Waals surface area contributed by atoms with Gasteiger partial charge < -0.3 is 5.73 Å². The molecule has 31 heavy (non-hydrogen) atoms. The van der Waals surface area contributed by atoms with E-state index in [0.29, 0.717) is 33.6 Å². The van der Waals surface area contributed by atoms with Crippen molar-refractivity contribution in [2.75, 3.05) is 5.73 Å². The van der Waals surface area contributed by atoms with Crippen LogP contribution in [-0.2, 0) is 6.54 Å². The number of nitrogen functional groups attached to an aromatic ring is 1. The van der Waals surface area contributed by atoms with E-state index in [1.54, 1.807) is 22.9 Å². The van der Waals surface area contributed by atoms with Crippen LogP contribution in [0, 0.1) is 19.7 Å². The first-order valence-corrected chi connectivity index (χ1v) is 9.78. The molecule has 0 bridgehead atoms. The molecular weight excluding hydrogens is 395 g/mol. The Kier molecular flexibility index (Phi) is 4.28. The molecular formula is C23H19FN6O. The molecule has 3 aromatic heterocycles. The van der Waals surface area contributed by atoms with Gasteiger partial charge in [0, 0.05) is 5.69 Å². The van der Waals surface area contributed by atoms with Crippen LogP contribution >= 0.6 is 0 Å². The average Bonchev–Trinajstić information content (AvgIpc) is 3.05. The van der Waals surface area contributed by atoms with Gasteiger partial charge in [-0.25, -0.2) is 19.0 Å². The molecule has 7 nitrogen and oxygen atoms in total. The van der Waals surface area contributed by atoms with Crippen LogP contribution in [0.1, 0.15) is 17.0 Å². The molecule has 0 unspecified atom stereocenters. The summed E-state index contributed by atoms with van der Waals surface area (Å²) in [6, 6.07) is 13.8. The minimum atomic E-state index is -0.480. The Bertz CT molecular complexity index is 1540. The molecule has 3 heterocycles. The van der Waals surface area contributed by atoms with E-state index >= 15 is 0 Å². The van der Waals surface area contributed by atoms with E-state index in [-0.39, 0.29) is 17.8 Å². The molecule has 2 aromatic carbocycles. The van der Waals surface area contributed by atoms with E-state index in [4.69, 9.17) is 5.73 Å². The van der Waals surface area contributed by atoms with Gasteiger partial charge in [0.05, 0.1) is 28.7 Å². The highest BCUT2D eigenvalue weighted by Gasteiger charge is 2.18. The normalized spacial score (nSPS) is 11.5. The first kappa shape index (κ1) is 18.9. The van der Waals surface area contributed by atoms with Crippen molar-refractivity contribution in [3.8, 4) is 5.69 Å². The number of aryl methyl sites for hydroxylation is 2. The summed E-state index contributed by atoms with van der Waals surface area (Å²) in [5.41, 5.74) is 8.57. The Morgan fingerprint density at radius 2 is 1.84 bits per heavy atom. The van der Waals surface area contributed by atoms with E-state index < -0.39 is 5.82 Å². The summed E-state index contributed by atoms with van der Waals surface area (Å²) in [6.07, 6.45) is 1.38. The molecule has 5 rings (SSSR count). The molecule has 0 aliphatic carbocycles. The van der Waals surface area contributed by atoms with Crippen molar-refractivity contribution in [2.24, 2.45) is 0 Å². The second-order valence-electron chi connectivity index (χ2n) is 7.47. The lowest BCUT2D eigenvalue weighted by Crippen LogP contribution is -2.25. The molecule has 0 amide bonds. The third-order valence-corrected chi connectivity index (χ3v) is 5.47. The number of fused-ring (bicyclic) bond motifs is 2. The Hall–Kier alpha value is -4.07.